The molecule has 5 rings (SSSR count). The third kappa shape index (κ3) is 2.88. The first-order chi connectivity index (χ1) is 15.1. The second-order valence-corrected chi connectivity index (χ2v) is 12.9. The molecule has 7 heteroatoms. The number of isocyanates is 1. The molecule has 172 valence electrons. The second kappa shape index (κ2) is 7.10. The van der Waals surface area contributed by atoms with Crippen LogP contribution in [0.25, 0.3) is 6.08 Å². The predicted octanol–water partition coefficient (Wildman–Crippen LogP) is 3.27. The molecule has 0 amide bonds. The summed E-state index contributed by atoms with van der Waals surface area (Å²) in [4.78, 5) is 14.5. The van der Waals surface area contributed by atoms with Crippen LogP contribution in [0.15, 0.2) is 35.3 Å². The van der Waals surface area contributed by atoms with Gasteiger partial charge in [-0.25, -0.2) is 22.5 Å². The Morgan fingerprint density at radius 1 is 1.19 bits per heavy atom. The highest BCUT2D eigenvalue weighted by molar-refractivity contribution is 7.89. The van der Waals surface area contributed by atoms with E-state index < -0.39 is 21.0 Å². The van der Waals surface area contributed by atoms with E-state index >= 15 is 0 Å². The van der Waals surface area contributed by atoms with Gasteiger partial charge in [-0.3, -0.25) is 0 Å². The minimum atomic E-state index is -3.59. The van der Waals surface area contributed by atoms with Crippen molar-refractivity contribution in [3.8, 4) is 0 Å². The summed E-state index contributed by atoms with van der Waals surface area (Å²) in [6, 6.07) is 8.36. The maximum atomic E-state index is 13.7. The van der Waals surface area contributed by atoms with Gasteiger partial charge in [0.1, 0.15) is 0 Å². The summed E-state index contributed by atoms with van der Waals surface area (Å²) in [5, 5.41) is 11.6. The average molecular weight is 457 g/mol. The first-order valence-corrected chi connectivity index (χ1v) is 13.2. The lowest BCUT2D eigenvalue weighted by atomic mass is 9.64. The standard InChI is InChI=1S/C25H32N2O4S/c1-22(2)20-8-10-24(22,25(29,15-20)16-26-18-28)17-32(30,31)27-13-11-23(12-14-27)9-7-19-5-3-4-6-21(19)23/h3-7,9,20,29H,8,10-17H2,1-2H3/t20-,24+,25+/m1/s1. The molecule has 1 N–H and O–H groups in total. The van der Waals surface area contributed by atoms with Crippen molar-refractivity contribution in [2.75, 3.05) is 25.4 Å². The number of sulfonamides is 1. The van der Waals surface area contributed by atoms with Crippen molar-refractivity contribution in [3.63, 3.8) is 0 Å². The molecule has 3 fully saturated rings. The number of carbonyl (C=O) groups excluding carboxylic acids is 1. The van der Waals surface area contributed by atoms with Gasteiger partial charge in [0, 0.05) is 23.9 Å². The molecule has 0 aromatic heterocycles. The van der Waals surface area contributed by atoms with Gasteiger partial charge in [-0.1, -0.05) is 50.3 Å². The molecule has 6 nitrogen and oxygen atoms in total. The number of hydrogen-bond donors (Lipinski definition) is 1. The molecular weight excluding hydrogens is 424 g/mol. The average Bonchev–Trinajstić information content (AvgIpc) is 3.28. The lowest BCUT2D eigenvalue weighted by Crippen LogP contribution is -2.57. The Bertz CT molecular complexity index is 1110. The van der Waals surface area contributed by atoms with Gasteiger partial charge in [-0.15, -0.1) is 0 Å². The number of aliphatic imine (C=N–C) groups is 1. The lowest BCUT2D eigenvalue weighted by Gasteiger charge is -2.48. The quantitative estimate of drug-likeness (QED) is 0.544. The van der Waals surface area contributed by atoms with Crippen LogP contribution < -0.4 is 0 Å². The first kappa shape index (κ1) is 22.0. The fraction of sp³-hybridized carbons (Fsp3) is 0.640. The second-order valence-electron chi connectivity index (χ2n) is 10.9. The Labute approximate surface area is 190 Å². The van der Waals surface area contributed by atoms with Crippen LogP contribution in [0.5, 0.6) is 0 Å². The number of nitrogens with zero attached hydrogens (tertiary/aromatic N) is 2. The molecule has 0 unspecified atom stereocenters. The van der Waals surface area contributed by atoms with E-state index in [1.165, 1.54) is 17.2 Å². The Balaban J connectivity index is 1.39. The van der Waals surface area contributed by atoms with Crippen molar-refractivity contribution in [3.05, 3.63) is 41.5 Å². The number of piperidine rings is 1. The predicted molar refractivity (Wildman–Crippen MR) is 123 cm³/mol. The normalized spacial score (nSPS) is 34.5. The monoisotopic (exact) mass is 456 g/mol. The van der Waals surface area contributed by atoms with Crippen molar-refractivity contribution >= 4 is 22.2 Å². The number of fused-ring (bicyclic) bond motifs is 4. The zero-order valence-corrected chi connectivity index (χ0v) is 19.7. The third-order valence-corrected chi connectivity index (χ3v) is 11.6. The van der Waals surface area contributed by atoms with Crippen molar-refractivity contribution in [1.29, 1.82) is 0 Å². The SMILES string of the molecule is CC1(C)[C@@H]2CC[C@@]1(CS(=O)(=O)N1CCC3(C=Cc4ccccc43)CC1)[C@@](O)(CN=C=O)C2. The largest absolute Gasteiger partial charge is 0.387 e. The molecule has 3 aliphatic carbocycles. The molecule has 3 atom stereocenters. The van der Waals surface area contributed by atoms with Crippen molar-refractivity contribution < 1.29 is 18.3 Å². The molecule has 2 saturated carbocycles. The highest BCUT2D eigenvalue weighted by atomic mass is 32.2. The Morgan fingerprint density at radius 2 is 1.91 bits per heavy atom. The Morgan fingerprint density at radius 3 is 2.59 bits per heavy atom. The van der Waals surface area contributed by atoms with E-state index in [0.29, 0.717) is 25.9 Å². The number of allylic oxidation sites excluding steroid dienone is 1. The lowest BCUT2D eigenvalue weighted by molar-refractivity contribution is -0.0794. The van der Waals surface area contributed by atoms with Crippen molar-refractivity contribution in [2.24, 2.45) is 21.7 Å². The molecule has 1 aromatic carbocycles. The highest BCUT2D eigenvalue weighted by Gasteiger charge is 2.72. The number of rotatable bonds is 5. The number of hydrogen-bond acceptors (Lipinski definition) is 5. The fourth-order valence-electron chi connectivity index (χ4n) is 7.50. The van der Waals surface area contributed by atoms with Gasteiger partial charge in [-0.05, 0) is 54.6 Å². The molecule has 1 saturated heterocycles. The summed E-state index contributed by atoms with van der Waals surface area (Å²) in [6.07, 6.45) is 9.50. The molecule has 1 aromatic rings. The van der Waals surface area contributed by atoms with Crippen LogP contribution >= 0.6 is 0 Å². The highest BCUT2D eigenvalue weighted by Crippen LogP contribution is 2.70. The van der Waals surface area contributed by atoms with Crippen LogP contribution in [0, 0.1) is 16.7 Å². The molecule has 0 radical (unpaired) electrons. The smallest absolute Gasteiger partial charge is 0.235 e. The van der Waals surface area contributed by atoms with E-state index in [-0.39, 0.29) is 29.0 Å². The van der Waals surface area contributed by atoms with Gasteiger partial charge < -0.3 is 5.11 Å². The summed E-state index contributed by atoms with van der Waals surface area (Å²) in [5.74, 6) is 0.141. The van der Waals surface area contributed by atoms with Crippen molar-refractivity contribution in [1.82, 2.24) is 4.31 Å². The summed E-state index contributed by atoms with van der Waals surface area (Å²) in [5.41, 5.74) is 0.0239. The minimum Gasteiger partial charge on any atom is -0.387 e. The van der Waals surface area contributed by atoms with Crippen LogP contribution in [-0.4, -0.2) is 54.9 Å². The zero-order chi connectivity index (χ0) is 22.8. The van der Waals surface area contributed by atoms with Gasteiger partial charge in [0.2, 0.25) is 16.1 Å². The van der Waals surface area contributed by atoms with E-state index in [1.54, 1.807) is 4.31 Å². The van der Waals surface area contributed by atoms with E-state index in [0.717, 1.165) is 19.3 Å². The minimum absolute atomic E-state index is 0.0728. The number of benzene rings is 1. The zero-order valence-electron chi connectivity index (χ0n) is 18.9. The Kier molecular flexibility index (Phi) is 4.89. The molecule has 4 aliphatic rings. The van der Waals surface area contributed by atoms with E-state index in [1.807, 2.05) is 6.07 Å². The molecule has 1 aliphatic heterocycles. The fourth-order valence-corrected chi connectivity index (χ4v) is 9.82. The molecule has 1 spiro atoms. The molecule has 2 bridgehead atoms. The molecule has 1 heterocycles. The summed E-state index contributed by atoms with van der Waals surface area (Å²) >= 11 is 0. The van der Waals surface area contributed by atoms with E-state index in [9.17, 15) is 18.3 Å². The van der Waals surface area contributed by atoms with Gasteiger partial charge in [-0.2, -0.15) is 0 Å². The maximum absolute atomic E-state index is 13.7. The van der Waals surface area contributed by atoms with E-state index in [4.69, 9.17) is 0 Å². The van der Waals surface area contributed by atoms with Crippen LogP contribution in [-0.2, 0) is 20.2 Å². The van der Waals surface area contributed by atoms with Gasteiger partial charge >= 0.3 is 0 Å². The summed E-state index contributed by atoms with van der Waals surface area (Å²) < 4.78 is 29.1. The van der Waals surface area contributed by atoms with Crippen LogP contribution in [0.2, 0.25) is 0 Å². The topological polar surface area (TPSA) is 87.0 Å². The summed E-state index contributed by atoms with van der Waals surface area (Å²) in [7, 11) is -3.59. The maximum Gasteiger partial charge on any atom is 0.235 e. The van der Waals surface area contributed by atoms with Crippen LogP contribution in [0.1, 0.15) is 57.1 Å². The van der Waals surface area contributed by atoms with Gasteiger partial charge in [0.15, 0.2) is 0 Å². The molecule has 32 heavy (non-hydrogen) atoms. The van der Waals surface area contributed by atoms with Crippen molar-refractivity contribution in [2.45, 2.75) is 57.0 Å². The third-order valence-electron chi connectivity index (χ3n) is 9.57. The van der Waals surface area contributed by atoms with Gasteiger partial charge in [0.05, 0.1) is 17.9 Å². The van der Waals surface area contributed by atoms with E-state index in [2.05, 4.69) is 49.2 Å². The first-order valence-electron chi connectivity index (χ1n) is 11.6. The van der Waals surface area contributed by atoms with Crippen LogP contribution in [0.3, 0.4) is 0 Å². The van der Waals surface area contributed by atoms with Gasteiger partial charge in [0.25, 0.3) is 0 Å². The number of aliphatic hydroxyl groups is 1. The molecular formula is C25H32N2O4S. The van der Waals surface area contributed by atoms with Crippen LogP contribution in [0.4, 0.5) is 0 Å². The summed E-state index contributed by atoms with van der Waals surface area (Å²) in [6.45, 7) is 5.04. The Hall–Kier alpha value is -1.79.